The molecule has 3 unspecified atom stereocenters. The summed E-state index contributed by atoms with van der Waals surface area (Å²) < 4.78 is 262. The van der Waals surface area contributed by atoms with Gasteiger partial charge < -0.3 is 19.9 Å². The second kappa shape index (κ2) is 9.56. The highest BCUT2D eigenvalue weighted by molar-refractivity contribution is 5.76. The SMILES string of the molecule is [2H]c1c(OC)c(OC)c([2H])c2c1C([2H])([2H])C([2H])([2H])N1C([2H])([2H])C([2H])(C([2H])([2H])C([2H])(C([2H])([2H])[2H])C([2H])([2H])[2H])C(OC(=O)[C@@]([2H])(N)C([2H])(C([2H])([2H])[2H])C([2H])([2H])[2H])C([2H])([2H])C21[2H]. The summed E-state index contributed by atoms with van der Waals surface area (Å²) >= 11 is 0. The number of methoxy groups -OCH3 is 2. The molecule has 0 radical (unpaired) electrons. The van der Waals surface area contributed by atoms with Gasteiger partial charge in [0.15, 0.2) is 11.5 Å². The van der Waals surface area contributed by atoms with Gasteiger partial charge in [0.25, 0.3) is 0 Å². The van der Waals surface area contributed by atoms with E-state index in [1.54, 1.807) is 0 Å². The fourth-order valence-electron chi connectivity index (χ4n) is 2.49. The van der Waals surface area contributed by atoms with E-state index in [2.05, 4.69) is 0 Å². The van der Waals surface area contributed by atoms with Gasteiger partial charge in [-0.25, -0.2) is 0 Å². The van der Waals surface area contributed by atoms with E-state index in [1.807, 2.05) is 0 Å². The maximum Gasteiger partial charge on any atom is 0.323 e. The van der Waals surface area contributed by atoms with Crippen molar-refractivity contribution in [2.24, 2.45) is 23.4 Å². The molecule has 1 fully saturated rings. The van der Waals surface area contributed by atoms with E-state index in [0.717, 1.165) is 14.2 Å². The largest absolute Gasteiger partial charge is 0.493 e. The van der Waals surface area contributed by atoms with Crippen LogP contribution in [-0.2, 0) is 15.9 Å². The lowest BCUT2D eigenvalue weighted by atomic mass is 9.79. The fourth-order valence-corrected chi connectivity index (χ4v) is 2.49. The van der Waals surface area contributed by atoms with Crippen LogP contribution in [-0.4, -0.2) is 50.2 Å². The Morgan fingerprint density at radius 1 is 1.40 bits per heavy atom. The molecule has 2 N–H and O–H groups in total. The average molecular weight is 448 g/mol. The molecule has 0 spiro atoms. The van der Waals surface area contributed by atoms with Crippen LogP contribution in [0.15, 0.2) is 12.1 Å². The Hall–Kier alpha value is -1.79. The predicted molar refractivity (Wildman–Crippen MR) is 118 cm³/mol. The molecule has 1 aromatic carbocycles. The van der Waals surface area contributed by atoms with Crippen LogP contribution >= 0.6 is 0 Å². The van der Waals surface area contributed by atoms with Crippen LogP contribution in [0.5, 0.6) is 11.5 Å². The minimum atomic E-state index is -5.16. The zero-order valence-electron chi connectivity index (χ0n) is 44.7. The summed E-state index contributed by atoms with van der Waals surface area (Å²) in [6, 6.07) is -11.6. The maximum absolute atomic E-state index is 14.0. The van der Waals surface area contributed by atoms with Crippen LogP contribution in [0.25, 0.3) is 0 Å². The summed E-state index contributed by atoms with van der Waals surface area (Å²) in [5.74, 6) is -19.3. The van der Waals surface area contributed by atoms with Gasteiger partial charge in [0.2, 0.25) is 0 Å². The third-order valence-corrected chi connectivity index (χ3v) is 3.83. The number of piperidine rings is 1. The van der Waals surface area contributed by atoms with Crippen molar-refractivity contribution < 1.29 is 58.8 Å². The van der Waals surface area contributed by atoms with Gasteiger partial charge in [-0.15, -0.1) is 0 Å². The molecule has 6 nitrogen and oxygen atoms in total. The van der Waals surface area contributed by atoms with Crippen molar-refractivity contribution in [2.45, 2.75) is 64.7 Å². The first kappa shape index (κ1) is 5.96. The number of hydrogen-bond acceptors (Lipinski definition) is 6. The Morgan fingerprint density at radius 2 is 2.13 bits per heavy atom. The number of carbonyl (C=O) groups excluding carboxylic acids is 1. The molecule has 2 aliphatic rings. The third-order valence-electron chi connectivity index (χ3n) is 3.83. The number of hydrogen-bond donors (Lipinski definition) is 1. The number of ether oxygens (including phenoxy) is 3. The second-order valence-corrected chi connectivity index (χ2v) is 5.73. The van der Waals surface area contributed by atoms with Crippen molar-refractivity contribution in [1.82, 2.24) is 4.90 Å². The van der Waals surface area contributed by atoms with E-state index in [1.165, 1.54) is 0 Å². The zero-order valence-corrected chi connectivity index (χ0v) is 15.7. The van der Waals surface area contributed by atoms with Crippen molar-refractivity contribution in [2.75, 3.05) is 27.2 Å². The van der Waals surface area contributed by atoms with Crippen LogP contribution in [0, 0.1) is 17.7 Å². The molecule has 6 heteroatoms. The molecule has 1 aromatic rings. The van der Waals surface area contributed by atoms with Gasteiger partial charge in [-0.1, -0.05) is 27.4 Å². The maximum atomic E-state index is 14.0. The van der Waals surface area contributed by atoms with Crippen LogP contribution in [0.1, 0.15) is 97.1 Å². The fraction of sp³-hybridized carbons (Fsp3) is 0.708. The summed E-state index contributed by atoms with van der Waals surface area (Å²) in [7, 11) is 1.67. The van der Waals surface area contributed by atoms with Gasteiger partial charge in [-0.05, 0) is 47.7 Å². The highest BCUT2D eigenvalue weighted by Gasteiger charge is 2.41. The van der Waals surface area contributed by atoms with Crippen molar-refractivity contribution in [3.8, 4) is 11.5 Å². The Bertz CT molecular complexity index is 1840. The predicted octanol–water partition coefficient (Wildman–Crippen LogP) is 3.56. The Labute approximate surface area is 221 Å². The van der Waals surface area contributed by atoms with Crippen LogP contribution in [0.4, 0.5) is 0 Å². The molecule has 2 heterocycles. The molecular weight excluding hydrogens is 380 g/mol. The first-order valence-electron chi connectivity index (χ1n) is 22.7. The highest BCUT2D eigenvalue weighted by atomic mass is 16.5. The molecule has 0 amide bonds. The Morgan fingerprint density at radius 3 is 2.80 bits per heavy atom. The highest BCUT2D eigenvalue weighted by Crippen LogP contribution is 2.44. The Kier molecular flexibility index (Phi) is 1.90. The number of carbonyl (C=O) groups is 1. The first-order valence-corrected chi connectivity index (χ1v) is 8.16. The van der Waals surface area contributed by atoms with Gasteiger partial charge in [0, 0.05) is 65.5 Å². The van der Waals surface area contributed by atoms with Gasteiger partial charge in [0.05, 0.1) is 19.7 Å². The van der Waals surface area contributed by atoms with Crippen molar-refractivity contribution >= 4 is 5.97 Å². The lowest BCUT2D eigenvalue weighted by Crippen LogP contribution is -2.51. The monoisotopic (exact) mass is 447 g/mol. The second-order valence-electron chi connectivity index (χ2n) is 5.73. The quantitative estimate of drug-likeness (QED) is 0.644. The summed E-state index contributed by atoms with van der Waals surface area (Å²) in [6.45, 7) is -27.1. The smallest absolute Gasteiger partial charge is 0.323 e. The topological polar surface area (TPSA) is 74.0 Å². The number of fused-ring (bicyclic) bond motifs is 3. The number of nitrogens with two attached hydrogens (primary N) is 1. The first-order chi connectivity index (χ1) is 25.6. The van der Waals surface area contributed by atoms with E-state index >= 15 is 0 Å². The van der Waals surface area contributed by atoms with Gasteiger partial charge in [0.1, 0.15) is 12.1 Å². The molecular formula is C24H38N2O4. The van der Waals surface area contributed by atoms with Crippen LogP contribution in [0.2, 0.25) is 0 Å². The van der Waals surface area contributed by atoms with E-state index in [0.29, 0.717) is 0 Å². The number of benzene rings is 1. The molecule has 1 saturated heterocycles. The number of rotatable bonds is 7. The number of nitrogens with zero attached hydrogens (tertiary/aromatic N) is 1. The molecule has 0 aliphatic carbocycles. The zero-order chi connectivity index (χ0) is 47.3. The van der Waals surface area contributed by atoms with E-state index in [-0.39, 0.29) is 0 Å². The summed E-state index contributed by atoms with van der Waals surface area (Å²) in [5, 5.41) is 0. The minimum Gasteiger partial charge on any atom is -0.493 e. The molecule has 3 rings (SSSR count). The Balaban J connectivity index is 2.83. The van der Waals surface area contributed by atoms with Crippen LogP contribution < -0.4 is 15.2 Å². The summed E-state index contributed by atoms with van der Waals surface area (Å²) in [5.41, 5.74) is 2.53. The lowest BCUT2D eigenvalue weighted by Gasteiger charge is -2.47. The van der Waals surface area contributed by atoms with Crippen molar-refractivity contribution in [1.29, 1.82) is 0 Å². The molecule has 0 saturated carbocycles. The molecule has 168 valence electrons. The third kappa shape index (κ3) is 4.75. The average Bonchev–Trinajstić information content (AvgIpc) is 3.01. The minimum absolute atomic E-state index is 0.811. The molecule has 0 aromatic heterocycles. The van der Waals surface area contributed by atoms with E-state index in [4.69, 9.17) is 51.5 Å². The standard InChI is InChI=1S/C24H38N2O4/c1-14(2)9-17-13-26-8-7-16-10-21(28-5)22(29-6)11-18(16)19(26)12-20(17)30-24(27)23(25)15(3)4/h10-11,14-15,17,19-20,23H,7-9,12-13,25H2,1-6H3/t17?,19?,20?,23-/m0/s1/i1D3,2D3,3D3,4D3,7D2,8D2,9D2,10D,11D,12D2,13D2,14D,15D,17D,19D,23D. The lowest BCUT2D eigenvalue weighted by molar-refractivity contribution is -0.160. The molecule has 0 bridgehead atoms. The summed E-state index contributed by atoms with van der Waals surface area (Å²) in [6.07, 6.45) is -18.0. The van der Waals surface area contributed by atoms with E-state index in [9.17, 15) is 13.0 Å². The van der Waals surface area contributed by atoms with Crippen molar-refractivity contribution in [3.05, 3.63) is 23.2 Å². The molecule has 30 heavy (non-hydrogen) atoms. The van der Waals surface area contributed by atoms with Gasteiger partial charge >= 0.3 is 5.97 Å². The molecule has 4 atom stereocenters. The van der Waals surface area contributed by atoms with Gasteiger partial charge in [-0.3, -0.25) is 9.69 Å². The van der Waals surface area contributed by atoms with Crippen LogP contribution in [0.3, 0.4) is 0 Å². The van der Waals surface area contributed by atoms with Gasteiger partial charge in [-0.2, -0.15) is 0 Å². The van der Waals surface area contributed by atoms with E-state index < -0.39 is 141 Å². The molecule has 2 aliphatic heterocycles. The normalized spacial score (nSPS) is 54.6. The number of esters is 1. The van der Waals surface area contributed by atoms with Crippen molar-refractivity contribution in [3.63, 3.8) is 0 Å². The summed E-state index contributed by atoms with van der Waals surface area (Å²) in [4.78, 5) is 13.2.